The highest BCUT2D eigenvalue weighted by atomic mass is 32.2. The second kappa shape index (κ2) is 5.86. The van der Waals surface area contributed by atoms with Crippen LogP contribution in [0, 0.1) is 5.82 Å². The van der Waals surface area contributed by atoms with Crippen LogP contribution in [0.3, 0.4) is 0 Å². The molecular formula is C15H13FN2O3S. The van der Waals surface area contributed by atoms with Crippen LogP contribution in [0.15, 0.2) is 58.2 Å². The average Bonchev–Trinajstić information content (AvgIpc) is 2.96. The van der Waals surface area contributed by atoms with Crippen LogP contribution in [0.5, 0.6) is 0 Å². The normalized spacial score (nSPS) is 11.9. The number of aromatic nitrogens is 1. The van der Waals surface area contributed by atoms with Gasteiger partial charge in [-0.1, -0.05) is 18.2 Å². The van der Waals surface area contributed by atoms with Gasteiger partial charge in [-0.2, -0.15) is 0 Å². The van der Waals surface area contributed by atoms with Crippen LogP contribution in [0.2, 0.25) is 0 Å². The van der Waals surface area contributed by atoms with Crippen LogP contribution in [-0.4, -0.2) is 19.9 Å². The molecule has 0 bridgehead atoms. The molecule has 0 unspecified atom stereocenters. The Hall–Kier alpha value is -2.25. The number of hydrogen-bond donors (Lipinski definition) is 1. The largest absolute Gasteiger partial charge is 0.443 e. The van der Waals surface area contributed by atoms with E-state index in [2.05, 4.69) is 9.71 Å². The summed E-state index contributed by atoms with van der Waals surface area (Å²) in [7, 11) is -3.67. The molecule has 1 heterocycles. The molecule has 0 atom stereocenters. The summed E-state index contributed by atoms with van der Waals surface area (Å²) in [4.78, 5) is 4.02. The number of fused-ring (bicyclic) bond motifs is 1. The molecule has 0 radical (unpaired) electrons. The molecule has 0 saturated carbocycles. The highest BCUT2D eigenvalue weighted by molar-refractivity contribution is 7.89. The summed E-state index contributed by atoms with van der Waals surface area (Å²) in [6.07, 6.45) is 1.53. The van der Waals surface area contributed by atoms with Gasteiger partial charge in [0.05, 0.1) is 4.90 Å². The second-order valence-corrected chi connectivity index (χ2v) is 6.49. The Morgan fingerprint density at radius 1 is 1.18 bits per heavy atom. The molecule has 3 rings (SSSR count). The Labute approximate surface area is 126 Å². The second-order valence-electron chi connectivity index (χ2n) is 4.72. The van der Waals surface area contributed by atoms with E-state index in [0.29, 0.717) is 16.7 Å². The lowest BCUT2D eigenvalue weighted by Gasteiger charge is -2.07. The van der Waals surface area contributed by atoms with E-state index in [1.807, 2.05) is 0 Å². The molecule has 1 aromatic heterocycles. The highest BCUT2D eigenvalue weighted by Gasteiger charge is 2.15. The lowest BCUT2D eigenvalue weighted by atomic mass is 10.1. The first kappa shape index (κ1) is 14.7. The Morgan fingerprint density at radius 3 is 2.82 bits per heavy atom. The van der Waals surface area contributed by atoms with E-state index in [1.165, 1.54) is 24.6 Å². The number of nitrogens with zero attached hydrogens (tertiary/aromatic N) is 1. The molecule has 1 N–H and O–H groups in total. The molecular weight excluding hydrogens is 307 g/mol. The molecule has 22 heavy (non-hydrogen) atoms. The van der Waals surface area contributed by atoms with Crippen molar-refractivity contribution in [2.45, 2.75) is 11.3 Å². The summed E-state index contributed by atoms with van der Waals surface area (Å²) < 4.78 is 45.4. The van der Waals surface area contributed by atoms with Crippen molar-refractivity contribution in [3.8, 4) is 0 Å². The fraction of sp³-hybridized carbons (Fsp3) is 0.133. The molecule has 0 spiro atoms. The third-order valence-electron chi connectivity index (χ3n) is 3.26. The monoisotopic (exact) mass is 320 g/mol. The average molecular weight is 320 g/mol. The van der Waals surface area contributed by atoms with E-state index in [9.17, 15) is 12.8 Å². The smallest absolute Gasteiger partial charge is 0.240 e. The van der Waals surface area contributed by atoms with Gasteiger partial charge < -0.3 is 4.42 Å². The maximum atomic E-state index is 13.5. The maximum Gasteiger partial charge on any atom is 0.240 e. The van der Waals surface area contributed by atoms with Gasteiger partial charge in [0, 0.05) is 12.6 Å². The van der Waals surface area contributed by atoms with E-state index in [4.69, 9.17) is 4.42 Å². The first-order valence-corrected chi connectivity index (χ1v) is 8.11. The third-order valence-corrected chi connectivity index (χ3v) is 4.72. The van der Waals surface area contributed by atoms with Crippen LogP contribution in [0.1, 0.15) is 5.56 Å². The molecule has 5 nitrogen and oxygen atoms in total. The van der Waals surface area contributed by atoms with E-state index in [0.717, 1.165) is 0 Å². The number of benzene rings is 2. The lowest BCUT2D eigenvalue weighted by Crippen LogP contribution is -2.26. The van der Waals surface area contributed by atoms with Gasteiger partial charge in [-0.15, -0.1) is 0 Å². The summed E-state index contributed by atoms with van der Waals surface area (Å²) in [5.41, 5.74) is 1.46. The van der Waals surface area contributed by atoms with Crippen molar-refractivity contribution < 1.29 is 17.2 Å². The predicted octanol–water partition coefficient (Wildman–Crippen LogP) is 2.49. The molecule has 2 aromatic carbocycles. The van der Waals surface area contributed by atoms with Crippen molar-refractivity contribution in [2.75, 3.05) is 6.54 Å². The van der Waals surface area contributed by atoms with Crippen molar-refractivity contribution >= 4 is 21.1 Å². The summed E-state index contributed by atoms with van der Waals surface area (Å²) in [5, 5.41) is 0. The van der Waals surface area contributed by atoms with Crippen molar-refractivity contribution in [1.29, 1.82) is 0 Å². The van der Waals surface area contributed by atoms with E-state index < -0.39 is 10.0 Å². The zero-order valence-corrected chi connectivity index (χ0v) is 12.3. The minimum atomic E-state index is -3.67. The number of hydrogen-bond acceptors (Lipinski definition) is 4. The fourth-order valence-corrected chi connectivity index (χ4v) is 3.15. The van der Waals surface area contributed by atoms with E-state index >= 15 is 0 Å². The van der Waals surface area contributed by atoms with Crippen LogP contribution < -0.4 is 4.72 Å². The summed E-state index contributed by atoms with van der Waals surface area (Å²) in [6.45, 7) is 0.109. The number of rotatable bonds is 5. The van der Waals surface area contributed by atoms with Crippen molar-refractivity contribution in [1.82, 2.24) is 9.71 Å². The van der Waals surface area contributed by atoms with Crippen LogP contribution in [0.4, 0.5) is 4.39 Å². The molecule has 0 fully saturated rings. The number of oxazole rings is 1. The van der Waals surface area contributed by atoms with Gasteiger partial charge in [0.25, 0.3) is 0 Å². The standard InChI is InChI=1S/C15H13FN2O3S/c16-13-4-2-1-3-11(13)7-8-18-22(19,20)12-5-6-14-15(9-12)21-10-17-14/h1-6,9-10,18H,7-8H2. The summed E-state index contributed by atoms with van der Waals surface area (Å²) >= 11 is 0. The van der Waals surface area contributed by atoms with Gasteiger partial charge in [0.1, 0.15) is 11.3 Å². The number of sulfonamides is 1. The van der Waals surface area contributed by atoms with Crippen LogP contribution >= 0.6 is 0 Å². The molecule has 114 valence electrons. The summed E-state index contributed by atoms with van der Waals surface area (Å²) in [6, 6.07) is 10.7. The van der Waals surface area contributed by atoms with Crippen molar-refractivity contribution in [3.05, 3.63) is 60.2 Å². The molecule has 7 heteroatoms. The highest BCUT2D eigenvalue weighted by Crippen LogP contribution is 2.17. The maximum absolute atomic E-state index is 13.5. The zero-order valence-electron chi connectivity index (χ0n) is 11.5. The Bertz CT molecular complexity index is 906. The molecule has 0 aliphatic carbocycles. The first-order valence-electron chi connectivity index (χ1n) is 6.62. The molecule has 3 aromatic rings. The quantitative estimate of drug-likeness (QED) is 0.784. The third kappa shape index (κ3) is 3.00. The van der Waals surface area contributed by atoms with Gasteiger partial charge in [0.2, 0.25) is 10.0 Å². The van der Waals surface area contributed by atoms with Crippen LogP contribution in [0.25, 0.3) is 11.1 Å². The predicted molar refractivity (Wildman–Crippen MR) is 79.3 cm³/mol. The number of halogens is 1. The van der Waals surface area contributed by atoms with E-state index in [1.54, 1.807) is 24.3 Å². The molecule has 0 aliphatic rings. The topological polar surface area (TPSA) is 72.2 Å². The van der Waals surface area contributed by atoms with Gasteiger partial charge in [-0.25, -0.2) is 22.5 Å². The fourth-order valence-electron chi connectivity index (χ4n) is 2.11. The van der Waals surface area contributed by atoms with Gasteiger partial charge in [-0.05, 0) is 30.2 Å². The van der Waals surface area contributed by atoms with E-state index in [-0.39, 0.29) is 23.7 Å². The number of nitrogens with one attached hydrogen (secondary N) is 1. The summed E-state index contributed by atoms with van der Waals surface area (Å²) in [5.74, 6) is -0.343. The molecule has 0 aliphatic heterocycles. The lowest BCUT2D eigenvalue weighted by molar-refractivity contribution is 0.576. The van der Waals surface area contributed by atoms with Crippen molar-refractivity contribution in [3.63, 3.8) is 0 Å². The first-order chi connectivity index (χ1) is 10.6. The van der Waals surface area contributed by atoms with Gasteiger partial charge >= 0.3 is 0 Å². The molecule has 0 saturated heterocycles. The SMILES string of the molecule is O=S(=O)(NCCc1ccccc1F)c1ccc2ncoc2c1. The Balaban J connectivity index is 1.72. The van der Waals surface area contributed by atoms with Crippen LogP contribution in [-0.2, 0) is 16.4 Å². The minimum Gasteiger partial charge on any atom is -0.443 e. The Kier molecular flexibility index (Phi) is 3.91. The molecule has 0 amide bonds. The van der Waals surface area contributed by atoms with Gasteiger partial charge in [0.15, 0.2) is 12.0 Å². The zero-order chi connectivity index (χ0) is 15.6. The Morgan fingerprint density at radius 2 is 2.00 bits per heavy atom. The van der Waals surface area contributed by atoms with Gasteiger partial charge in [-0.3, -0.25) is 0 Å². The minimum absolute atomic E-state index is 0.0882. The van der Waals surface area contributed by atoms with Crippen molar-refractivity contribution in [2.24, 2.45) is 0 Å².